The standard InChI is InChI=1S/C13H13ClFN3/c1-8-3-4-10(5-12(8)15)9(2)18-13-11(14)6-16-7-17-13/h3-7,9H,1-2H3,(H,16,17,18). The Labute approximate surface area is 110 Å². The zero-order chi connectivity index (χ0) is 13.1. The SMILES string of the molecule is Cc1ccc(C(C)Nc2ncncc2Cl)cc1F. The van der Waals surface area contributed by atoms with Crippen LogP contribution in [0.2, 0.25) is 5.02 Å². The van der Waals surface area contributed by atoms with E-state index in [4.69, 9.17) is 11.6 Å². The largest absolute Gasteiger partial charge is 0.362 e. The zero-order valence-electron chi connectivity index (χ0n) is 10.1. The van der Waals surface area contributed by atoms with Gasteiger partial charge in [-0.25, -0.2) is 14.4 Å². The average Bonchev–Trinajstić information content (AvgIpc) is 2.35. The fourth-order valence-corrected chi connectivity index (χ4v) is 1.75. The minimum atomic E-state index is -0.213. The van der Waals surface area contributed by atoms with Crippen molar-refractivity contribution in [2.24, 2.45) is 0 Å². The molecule has 2 rings (SSSR count). The van der Waals surface area contributed by atoms with E-state index in [2.05, 4.69) is 15.3 Å². The molecule has 0 saturated carbocycles. The minimum Gasteiger partial charge on any atom is -0.362 e. The van der Waals surface area contributed by atoms with Gasteiger partial charge in [0.05, 0.1) is 12.2 Å². The molecule has 18 heavy (non-hydrogen) atoms. The first-order valence-corrected chi connectivity index (χ1v) is 5.94. The van der Waals surface area contributed by atoms with Crippen LogP contribution in [0.15, 0.2) is 30.7 Å². The van der Waals surface area contributed by atoms with Crippen LogP contribution in [0.25, 0.3) is 0 Å². The highest BCUT2D eigenvalue weighted by Crippen LogP contribution is 2.23. The summed E-state index contributed by atoms with van der Waals surface area (Å²) in [5.74, 6) is 0.329. The summed E-state index contributed by atoms with van der Waals surface area (Å²) < 4.78 is 13.5. The normalized spacial score (nSPS) is 12.2. The summed E-state index contributed by atoms with van der Waals surface area (Å²) >= 11 is 5.95. The molecular weight excluding hydrogens is 253 g/mol. The van der Waals surface area contributed by atoms with Gasteiger partial charge >= 0.3 is 0 Å². The number of aryl methyl sites for hydroxylation is 1. The maximum Gasteiger partial charge on any atom is 0.148 e. The number of hydrogen-bond acceptors (Lipinski definition) is 3. The summed E-state index contributed by atoms with van der Waals surface area (Å²) in [4.78, 5) is 7.84. The molecular formula is C13H13ClFN3. The molecule has 0 spiro atoms. The fraction of sp³-hybridized carbons (Fsp3) is 0.231. The summed E-state index contributed by atoms with van der Waals surface area (Å²) in [6.45, 7) is 3.65. The second-order valence-corrected chi connectivity index (χ2v) is 4.50. The highest BCUT2D eigenvalue weighted by molar-refractivity contribution is 6.32. The molecule has 1 heterocycles. The van der Waals surface area contributed by atoms with Gasteiger partial charge in [0.15, 0.2) is 0 Å². The van der Waals surface area contributed by atoms with Crippen LogP contribution in [-0.4, -0.2) is 9.97 Å². The lowest BCUT2D eigenvalue weighted by Gasteiger charge is -2.16. The Kier molecular flexibility index (Phi) is 3.77. The number of hydrogen-bond donors (Lipinski definition) is 1. The van der Waals surface area contributed by atoms with Gasteiger partial charge in [-0.05, 0) is 31.0 Å². The van der Waals surface area contributed by atoms with Crippen molar-refractivity contribution in [3.63, 3.8) is 0 Å². The zero-order valence-corrected chi connectivity index (χ0v) is 10.9. The molecule has 5 heteroatoms. The molecule has 0 radical (unpaired) electrons. The monoisotopic (exact) mass is 265 g/mol. The lowest BCUT2D eigenvalue weighted by Crippen LogP contribution is -2.09. The smallest absolute Gasteiger partial charge is 0.148 e. The maximum absolute atomic E-state index is 13.5. The fourth-order valence-electron chi connectivity index (χ4n) is 1.59. The summed E-state index contributed by atoms with van der Waals surface area (Å²) in [5.41, 5.74) is 1.47. The van der Waals surface area contributed by atoms with Crippen LogP contribution in [0.4, 0.5) is 10.2 Å². The third kappa shape index (κ3) is 2.76. The van der Waals surface area contributed by atoms with E-state index in [-0.39, 0.29) is 11.9 Å². The Morgan fingerprint density at radius 2 is 2.17 bits per heavy atom. The predicted molar refractivity (Wildman–Crippen MR) is 70.2 cm³/mol. The Balaban J connectivity index is 2.19. The molecule has 2 aromatic rings. The first kappa shape index (κ1) is 12.8. The molecule has 0 amide bonds. The van der Waals surface area contributed by atoms with Crippen LogP contribution in [0.3, 0.4) is 0 Å². The van der Waals surface area contributed by atoms with Crippen LogP contribution in [0.1, 0.15) is 24.1 Å². The van der Waals surface area contributed by atoms with E-state index < -0.39 is 0 Å². The minimum absolute atomic E-state index is 0.0903. The van der Waals surface area contributed by atoms with Gasteiger partial charge in [-0.15, -0.1) is 0 Å². The van der Waals surface area contributed by atoms with Crippen molar-refractivity contribution in [1.82, 2.24) is 9.97 Å². The second kappa shape index (κ2) is 5.31. The lowest BCUT2D eigenvalue weighted by molar-refractivity contribution is 0.614. The van der Waals surface area contributed by atoms with E-state index in [1.807, 2.05) is 13.0 Å². The number of halogens is 2. The van der Waals surface area contributed by atoms with Crippen molar-refractivity contribution < 1.29 is 4.39 Å². The van der Waals surface area contributed by atoms with Crippen molar-refractivity contribution in [3.8, 4) is 0 Å². The van der Waals surface area contributed by atoms with Gasteiger partial charge in [0.1, 0.15) is 23.0 Å². The van der Waals surface area contributed by atoms with E-state index in [0.29, 0.717) is 16.4 Å². The number of rotatable bonds is 3. The van der Waals surface area contributed by atoms with Gasteiger partial charge in [-0.3, -0.25) is 0 Å². The molecule has 1 aromatic carbocycles. The van der Waals surface area contributed by atoms with Gasteiger partial charge in [0, 0.05) is 0 Å². The third-order valence-corrected chi connectivity index (χ3v) is 2.99. The molecule has 0 aliphatic carbocycles. The summed E-state index contributed by atoms with van der Waals surface area (Å²) in [5, 5.41) is 3.57. The van der Waals surface area contributed by atoms with Crippen LogP contribution >= 0.6 is 11.6 Å². The molecule has 1 atom stereocenters. The molecule has 3 nitrogen and oxygen atoms in total. The number of nitrogens with one attached hydrogen (secondary N) is 1. The first-order valence-electron chi connectivity index (χ1n) is 5.56. The highest BCUT2D eigenvalue weighted by Gasteiger charge is 2.10. The summed E-state index contributed by atoms with van der Waals surface area (Å²) in [7, 11) is 0. The van der Waals surface area contributed by atoms with E-state index in [9.17, 15) is 4.39 Å². The Morgan fingerprint density at radius 1 is 1.39 bits per heavy atom. The van der Waals surface area contributed by atoms with E-state index >= 15 is 0 Å². The van der Waals surface area contributed by atoms with Gasteiger partial charge in [0.2, 0.25) is 0 Å². The van der Waals surface area contributed by atoms with Crippen LogP contribution in [0, 0.1) is 12.7 Å². The van der Waals surface area contributed by atoms with Crippen LogP contribution < -0.4 is 5.32 Å². The van der Waals surface area contributed by atoms with Crippen molar-refractivity contribution in [2.75, 3.05) is 5.32 Å². The van der Waals surface area contributed by atoms with Gasteiger partial charge in [-0.2, -0.15) is 0 Å². The Morgan fingerprint density at radius 3 is 2.83 bits per heavy atom. The van der Waals surface area contributed by atoms with Gasteiger partial charge in [-0.1, -0.05) is 23.7 Å². The van der Waals surface area contributed by atoms with E-state index in [1.165, 1.54) is 18.6 Å². The molecule has 0 saturated heterocycles. The maximum atomic E-state index is 13.5. The topological polar surface area (TPSA) is 37.8 Å². The van der Waals surface area contributed by atoms with Crippen molar-refractivity contribution >= 4 is 17.4 Å². The number of anilines is 1. The van der Waals surface area contributed by atoms with Crippen LogP contribution in [-0.2, 0) is 0 Å². The molecule has 0 aliphatic rings. The van der Waals surface area contributed by atoms with E-state index in [0.717, 1.165) is 5.56 Å². The lowest BCUT2D eigenvalue weighted by atomic mass is 10.1. The molecule has 94 valence electrons. The molecule has 1 unspecified atom stereocenters. The molecule has 0 fully saturated rings. The molecule has 1 aromatic heterocycles. The van der Waals surface area contributed by atoms with Crippen molar-refractivity contribution in [3.05, 3.63) is 52.7 Å². The predicted octanol–water partition coefficient (Wildman–Crippen LogP) is 3.75. The van der Waals surface area contributed by atoms with E-state index in [1.54, 1.807) is 13.0 Å². The van der Waals surface area contributed by atoms with Gasteiger partial charge < -0.3 is 5.32 Å². The van der Waals surface area contributed by atoms with Gasteiger partial charge in [0.25, 0.3) is 0 Å². The number of benzene rings is 1. The third-order valence-electron chi connectivity index (χ3n) is 2.72. The summed E-state index contributed by atoms with van der Waals surface area (Å²) in [6, 6.07) is 5.06. The number of aromatic nitrogens is 2. The molecule has 0 bridgehead atoms. The van der Waals surface area contributed by atoms with Crippen LogP contribution in [0.5, 0.6) is 0 Å². The Bertz CT molecular complexity index is 560. The average molecular weight is 266 g/mol. The molecule has 1 N–H and O–H groups in total. The quantitative estimate of drug-likeness (QED) is 0.918. The summed E-state index contributed by atoms with van der Waals surface area (Å²) in [6.07, 6.45) is 2.93. The second-order valence-electron chi connectivity index (χ2n) is 4.09. The first-order chi connectivity index (χ1) is 8.58. The number of nitrogens with zero attached hydrogens (tertiary/aromatic N) is 2. The van der Waals surface area contributed by atoms with Crippen molar-refractivity contribution in [1.29, 1.82) is 0 Å². The molecule has 0 aliphatic heterocycles. The highest BCUT2D eigenvalue weighted by atomic mass is 35.5. The Hall–Kier alpha value is -1.68. The van der Waals surface area contributed by atoms with Crippen molar-refractivity contribution in [2.45, 2.75) is 19.9 Å².